The quantitative estimate of drug-likeness (QED) is 0.714. The van der Waals surface area contributed by atoms with Crippen LogP contribution in [0, 0.1) is 5.92 Å². The highest BCUT2D eigenvalue weighted by atomic mass is 79.9. The molecule has 6 heteroatoms. The first-order chi connectivity index (χ1) is 8.49. The van der Waals surface area contributed by atoms with Crippen LogP contribution in [0.5, 0.6) is 0 Å². The molecule has 0 saturated heterocycles. The van der Waals surface area contributed by atoms with Gasteiger partial charge in [0.2, 0.25) is 10.0 Å². The van der Waals surface area contributed by atoms with Gasteiger partial charge in [-0.15, -0.1) is 0 Å². The van der Waals surface area contributed by atoms with E-state index in [4.69, 9.17) is 0 Å². The van der Waals surface area contributed by atoms with Crippen molar-refractivity contribution in [1.29, 1.82) is 0 Å². The summed E-state index contributed by atoms with van der Waals surface area (Å²) in [6.07, 6.45) is 1.94. The number of sulfonamides is 1. The minimum atomic E-state index is -3.39. The lowest BCUT2D eigenvalue weighted by atomic mass is 10.0. The fourth-order valence-electron chi connectivity index (χ4n) is 1.53. The molecule has 1 aromatic carbocycles. The van der Waals surface area contributed by atoms with Crippen molar-refractivity contribution in [2.24, 2.45) is 5.92 Å². The molecule has 0 saturated carbocycles. The molecule has 0 heterocycles. The van der Waals surface area contributed by atoms with Crippen LogP contribution in [0.2, 0.25) is 0 Å². The van der Waals surface area contributed by atoms with Crippen molar-refractivity contribution in [3.8, 4) is 0 Å². The molecule has 1 rings (SSSR count). The van der Waals surface area contributed by atoms with Crippen molar-refractivity contribution in [3.05, 3.63) is 28.7 Å². The van der Waals surface area contributed by atoms with E-state index in [0.29, 0.717) is 17.4 Å². The van der Waals surface area contributed by atoms with Crippen LogP contribution >= 0.6 is 31.9 Å². The van der Waals surface area contributed by atoms with E-state index in [1.807, 2.05) is 0 Å². The van der Waals surface area contributed by atoms with E-state index in [1.54, 1.807) is 24.3 Å². The van der Waals surface area contributed by atoms with Crippen LogP contribution in [0.25, 0.3) is 0 Å². The van der Waals surface area contributed by atoms with E-state index >= 15 is 0 Å². The molecule has 18 heavy (non-hydrogen) atoms. The van der Waals surface area contributed by atoms with Gasteiger partial charge in [-0.05, 0) is 36.6 Å². The number of hydrogen-bond donors (Lipinski definition) is 1. The second kappa shape index (κ2) is 7.62. The van der Waals surface area contributed by atoms with Crippen molar-refractivity contribution in [3.63, 3.8) is 0 Å². The van der Waals surface area contributed by atoms with Gasteiger partial charge in [0, 0.05) is 16.3 Å². The number of hydrogen-bond acceptors (Lipinski definition) is 2. The molecule has 3 nitrogen and oxygen atoms in total. The van der Waals surface area contributed by atoms with E-state index in [1.165, 1.54) is 0 Å². The largest absolute Gasteiger partial charge is 0.240 e. The molecule has 0 aliphatic rings. The highest BCUT2D eigenvalue weighted by molar-refractivity contribution is 9.10. The summed E-state index contributed by atoms with van der Waals surface area (Å²) in [5.41, 5.74) is 0. The summed E-state index contributed by atoms with van der Waals surface area (Å²) in [5.74, 6) is 0.370. The number of nitrogens with one attached hydrogen (secondary N) is 1. The van der Waals surface area contributed by atoms with Gasteiger partial charge in [0.1, 0.15) is 0 Å². The second-order valence-electron chi connectivity index (χ2n) is 4.06. The predicted molar refractivity (Wildman–Crippen MR) is 81.5 cm³/mol. The summed E-state index contributed by atoms with van der Waals surface area (Å²) < 4.78 is 27.6. The Morgan fingerprint density at radius 2 is 1.89 bits per heavy atom. The molecule has 0 aromatic heterocycles. The minimum absolute atomic E-state index is 0.305. The monoisotopic (exact) mass is 397 g/mol. The van der Waals surface area contributed by atoms with E-state index in [0.717, 1.165) is 22.6 Å². The van der Waals surface area contributed by atoms with Crippen LogP contribution in [-0.2, 0) is 10.0 Å². The Bertz CT molecular complexity index is 459. The van der Waals surface area contributed by atoms with Crippen LogP contribution < -0.4 is 4.72 Å². The molecule has 0 fully saturated rings. The van der Waals surface area contributed by atoms with E-state index < -0.39 is 10.0 Å². The summed E-state index contributed by atoms with van der Waals surface area (Å²) in [4.78, 5) is 0.305. The molecule has 1 N–H and O–H groups in total. The SMILES string of the molecule is CCC(CCBr)CNS(=O)(=O)c1ccc(Br)cc1. The van der Waals surface area contributed by atoms with Crippen molar-refractivity contribution in [2.45, 2.75) is 24.7 Å². The second-order valence-corrected chi connectivity index (χ2v) is 7.53. The summed E-state index contributed by atoms with van der Waals surface area (Å²) in [5, 5.41) is 0.894. The zero-order chi connectivity index (χ0) is 13.6. The Hall–Kier alpha value is 0.0900. The third-order valence-electron chi connectivity index (χ3n) is 2.78. The maximum Gasteiger partial charge on any atom is 0.240 e. The van der Waals surface area contributed by atoms with Gasteiger partial charge in [0.05, 0.1) is 4.90 Å². The van der Waals surface area contributed by atoms with Crippen molar-refractivity contribution in [1.82, 2.24) is 4.72 Å². The smallest absolute Gasteiger partial charge is 0.211 e. The van der Waals surface area contributed by atoms with Gasteiger partial charge in [-0.3, -0.25) is 0 Å². The van der Waals surface area contributed by atoms with E-state index in [-0.39, 0.29) is 0 Å². The first kappa shape index (κ1) is 16.1. The Balaban J connectivity index is 2.67. The average molecular weight is 399 g/mol. The third-order valence-corrected chi connectivity index (χ3v) is 5.21. The van der Waals surface area contributed by atoms with Gasteiger partial charge in [0.25, 0.3) is 0 Å². The molecule has 0 bridgehead atoms. The van der Waals surface area contributed by atoms with Gasteiger partial charge in [-0.1, -0.05) is 45.2 Å². The van der Waals surface area contributed by atoms with Crippen LogP contribution in [-0.4, -0.2) is 20.3 Å². The fraction of sp³-hybridized carbons (Fsp3) is 0.500. The highest BCUT2D eigenvalue weighted by Gasteiger charge is 2.15. The van der Waals surface area contributed by atoms with Crippen LogP contribution in [0.1, 0.15) is 19.8 Å². The molecule has 102 valence electrons. The number of halogens is 2. The van der Waals surface area contributed by atoms with Crippen LogP contribution in [0.3, 0.4) is 0 Å². The molecule has 0 aliphatic carbocycles. The maximum atomic E-state index is 12.0. The molecule has 0 spiro atoms. The zero-order valence-corrected chi connectivity index (χ0v) is 14.2. The molecule has 1 atom stereocenters. The molecule has 1 unspecified atom stereocenters. The zero-order valence-electron chi connectivity index (χ0n) is 10.2. The van der Waals surface area contributed by atoms with Gasteiger partial charge < -0.3 is 0 Å². The highest BCUT2D eigenvalue weighted by Crippen LogP contribution is 2.15. The lowest BCUT2D eigenvalue weighted by Gasteiger charge is -2.14. The van der Waals surface area contributed by atoms with Crippen molar-refractivity contribution < 1.29 is 8.42 Å². The lowest BCUT2D eigenvalue weighted by molar-refractivity contribution is 0.483. The van der Waals surface area contributed by atoms with Gasteiger partial charge in [-0.25, -0.2) is 13.1 Å². The molecular weight excluding hydrogens is 382 g/mol. The summed E-state index contributed by atoms with van der Waals surface area (Å²) >= 11 is 6.67. The Morgan fingerprint density at radius 3 is 2.39 bits per heavy atom. The first-order valence-electron chi connectivity index (χ1n) is 5.80. The predicted octanol–water partition coefficient (Wildman–Crippen LogP) is 3.54. The maximum absolute atomic E-state index is 12.0. The van der Waals surface area contributed by atoms with E-state index in [9.17, 15) is 8.42 Å². The molecular formula is C12H17Br2NO2S. The minimum Gasteiger partial charge on any atom is -0.211 e. The first-order valence-corrected chi connectivity index (χ1v) is 9.20. The molecule has 0 amide bonds. The van der Waals surface area contributed by atoms with Crippen LogP contribution in [0.4, 0.5) is 0 Å². The van der Waals surface area contributed by atoms with Crippen LogP contribution in [0.15, 0.2) is 33.6 Å². The Labute approximate surface area is 126 Å². The Kier molecular flexibility index (Phi) is 6.84. The fourth-order valence-corrected chi connectivity index (χ4v) is 3.56. The number of rotatable bonds is 7. The molecule has 1 aromatic rings. The molecule has 0 radical (unpaired) electrons. The third kappa shape index (κ3) is 4.99. The topological polar surface area (TPSA) is 46.2 Å². The Morgan fingerprint density at radius 1 is 1.28 bits per heavy atom. The van der Waals surface area contributed by atoms with Gasteiger partial charge in [-0.2, -0.15) is 0 Å². The standard InChI is InChI=1S/C12H17Br2NO2S/c1-2-10(7-8-13)9-15-18(16,17)12-5-3-11(14)4-6-12/h3-6,10,15H,2,7-9H2,1H3. The van der Waals surface area contributed by atoms with Gasteiger partial charge in [0.15, 0.2) is 0 Å². The summed E-state index contributed by atoms with van der Waals surface area (Å²) in [6.45, 7) is 2.56. The normalized spacial score (nSPS) is 13.5. The van der Waals surface area contributed by atoms with E-state index in [2.05, 4.69) is 43.5 Å². The van der Waals surface area contributed by atoms with Crippen molar-refractivity contribution >= 4 is 41.9 Å². The van der Waals surface area contributed by atoms with Gasteiger partial charge >= 0.3 is 0 Å². The summed E-state index contributed by atoms with van der Waals surface area (Å²) in [7, 11) is -3.39. The number of alkyl halides is 1. The van der Waals surface area contributed by atoms with Crippen molar-refractivity contribution in [2.75, 3.05) is 11.9 Å². The average Bonchev–Trinajstić information content (AvgIpc) is 2.35. The number of benzene rings is 1. The summed E-state index contributed by atoms with van der Waals surface area (Å²) in [6, 6.07) is 6.64. The lowest BCUT2D eigenvalue weighted by Crippen LogP contribution is -2.29. The molecule has 0 aliphatic heterocycles.